The summed E-state index contributed by atoms with van der Waals surface area (Å²) in [5.41, 5.74) is 4.07. The Labute approximate surface area is 512 Å². The van der Waals surface area contributed by atoms with Crippen LogP contribution in [0.15, 0.2) is 85.3 Å². The van der Waals surface area contributed by atoms with Crippen LogP contribution in [0.3, 0.4) is 0 Å². The maximum Gasteiger partial charge on any atom is 0.345 e. The molecule has 0 saturated heterocycles. The van der Waals surface area contributed by atoms with Crippen LogP contribution in [0.25, 0.3) is 43.2 Å². The summed E-state index contributed by atoms with van der Waals surface area (Å²) in [5, 5.41) is 18.6. The van der Waals surface area contributed by atoms with Crippen LogP contribution in [-0.2, 0) is 51.0 Å². The first-order valence-electron chi connectivity index (χ1n) is 28.4. The molecule has 7 aromatic rings. The Morgan fingerprint density at radius 1 is 0.744 bits per heavy atom. The lowest BCUT2D eigenvalue weighted by Gasteiger charge is -2.25. The fraction of sp³-hybridized carbons (Fsp3) is 0.435. The Morgan fingerprint density at radius 2 is 1.37 bits per heavy atom. The number of hydrogen-bond donors (Lipinski definition) is 3. The number of hydrogen-bond acceptors (Lipinski definition) is 20. The largest absolute Gasteiger partial charge is 0.491 e. The van der Waals surface area contributed by atoms with Crippen molar-refractivity contribution in [3.8, 4) is 61.8 Å². The van der Waals surface area contributed by atoms with E-state index in [9.17, 15) is 14.3 Å². The molecule has 4 bridgehead atoms. The Kier molecular flexibility index (Phi) is 23.9. The maximum atomic E-state index is 14.4. The first kappa shape index (κ1) is 64.1. The zero-order chi connectivity index (χ0) is 60.3. The minimum atomic E-state index is -1.50. The number of benzene rings is 4. The number of methoxy groups -OCH3 is 1. The lowest BCUT2D eigenvalue weighted by atomic mass is 9.92. The smallest absolute Gasteiger partial charge is 0.345 e. The zero-order valence-corrected chi connectivity index (χ0v) is 50.8. The summed E-state index contributed by atoms with van der Waals surface area (Å²) in [6, 6.07) is 20.5. The second-order valence-corrected chi connectivity index (χ2v) is 21.9. The van der Waals surface area contributed by atoms with Crippen LogP contribution < -0.4 is 34.3 Å². The van der Waals surface area contributed by atoms with Gasteiger partial charge in [0.1, 0.15) is 53.5 Å². The van der Waals surface area contributed by atoms with Gasteiger partial charge in [-0.3, -0.25) is 0 Å². The normalized spacial score (nSPS) is 16.3. The van der Waals surface area contributed by atoms with E-state index >= 15 is 0 Å². The predicted molar refractivity (Wildman–Crippen MR) is 323 cm³/mol. The van der Waals surface area contributed by atoms with Gasteiger partial charge >= 0.3 is 5.97 Å². The number of carboxylic acids is 1. The van der Waals surface area contributed by atoms with E-state index < -0.39 is 29.6 Å². The first-order chi connectivity index (χ1) is 42.0. The van der Waals surface area contributed by atoms with Crippen LogP contribution in [-0.4, -0.2) is 175 Å². The average molecular weight is 1250 g/mol. The van der Waals surface area contributed by atoms with Crippen molar-refractivity contribution in [3.05, 3.63) is 124 Å². The molecule has 460 valence electrons. The molecule has 86 heavy (non-hydrogen) atoms. The molecule has 3 N–H and O–H groups in total. The molecule has 4 aromatic carbocycles. The Morgan fingerprint density at radius 3 is 2.00 bits per heavy atom. The van der Waals surface area contributed by atoms with E-state index in [4.69, 9.17) is 85.0 Å². The summed E-state index contributed by atoms with van der Waals surface area (Å²) in [6.07, 6.45) is 1.30. The number of nitrogens with one attached hydrogen (secondary N) is 2. The quantitative estimate of drug-likeness (QED) is 0.0326. The number of halogens is 3. The lowest BCUT2D eigenvalue weighted by Crippen LogP contribution is -2.40. The van der Waals surface area contributed by atoms with Crippen molar-refractivity contribution >= 4 is 50.7 Å². The van der Waals surface area contributed by atoms with Gasteiger partial charge in [0, 0.05) is 67.4 Å². The van der Waals surface area contributed by atoms with Crippen molar-refractivity contribution in [3.63, 3.8) is 0 Å². The van der Waals surface area contributed by atoms with Crippen LogP contribution in [0.1, 0.15) is 28.8 Å². The van der Waals surface area contributed by atoms with Gasteiger partial charge in [0.05, 0.1) is 107 Å². The molecule has 5 heterocycles. The molecule has 3 aromatic heterocycles. The molecule has 1 aliphatic carbocycles. The minimum absolute atomic E-state index is 0.00668. The van der Waals surface area contributed by atoms with Gasteiger partial charge in [0.15, 0.2) is 17.2 Å². The van der Waals surface area contributed by atoms with Gasteiger partial charge in [-0.2, -0.15) is 0 Å². The molecule has 2 aliphatic heterocycles. The lowest BCUT2D eigenvalue weighted by molar-refractivity contribution is -0.145. The second kappa shape index (κ2) is 32.0. The van der Waals surface area contributed by atoms with Crippen LogP contribution in [0, 0.1) is 19.7 Å². The number of aliphatic carboxylic acids is 1. The number of aromatic nitrogens is 4. The van der Waals surface area contributed by atoms with E-state index in [2.05, 4.69) is 25.6 Å². The highest BCUT2D eigenvalue weighted by atomic mass is 35.5. The number of carboxylic acid groups (broad SMARTS) is 1. The summed E-state index contributed by atoms with van der Waals surface area (Å²) >= 11 is 16.0. The molecular formula is C62H71Cl2FN6O14S. The molecule has 3 aliphatic rings. The molecule has 24 heteroatoms. The third-order valence-electron chi connectivity index (χ3n) is 14.1. The summed E-state index contributed by atoms with van der Waals surface area (Å²) < 4.78 is 85.1. The van der Waals surface area contributed by atoms with Crippen LogP contribution in [0.5, 0.6) is 28.9 Å². The Hall–Kier alpha value is -6.38. The molecular weight excluding hydrogens is 1170 g/mol. The number of rotatable bonds is 33. The molecule has 0 spiro atoms. The van der Waals surface area contributed by atoms with Gasteiger partial charge in [-0.25, -0.2) is 29.1 Å². The molecule has 3 atom stereocenters. The highest BCUT2D eigenvalue weighted by Gasteiger charge is 2.60. The number of likely N-dealkylation sites (N-methyl/N-ethyl adjacent to an activating group) is 1. The van der Waals surface area contributed by atoms with E-state index in [1.54, 1.807) is 49.7 Å². The number of nitrogens with zero attached hydrogens (tertiary/aromatic N) is 4. The van der Waals surface area contributed by atoms with E-state index in [1.165, 1.54) is 29.8 Å². The van der Waals surface area contributed by atoms with E-state index in [-0.39, 0.29) is 29.0 Å². The molecule has 0 amide bonds. The maximum absolute atomic E-state index is 14.4. The molecule has 1 fully saturated rings. The second-order valence-electron chi connectivity index (χ2n) is 20.1. The van der Waals surface area contributed by atoms with Gasteiger partial charge in [-0.1, -0.05) is 35.3 Å². The van der Waals surface area contributed by atoms with Crippen molar-refractivity contribution < 1.29 is 71.1 Å². The van der Waals surface area contributed by atoms with Crippen molar-refractivity contribution in [2.24, 2.45) is 0 Å². The summed E-state index contributed by atoms with van der Waals surface area (Å²) in [7, 11) is 3.52. The SMILES string of the molecule is CNCCNCC12CC1Oc1ccc(OCc3ccnc(-c4ccc(OCCOCCOCCOCCOCCOCCOCCOC)cc4)n3)c(c1)C[C@H](C(=O)O)Oc1ncnc3sc(-c4ccc(F)cc4)c(c13)-c1c(C)c(Cl)c(c(Cl)c1C)O2. The Bertz CT molecular complexity index is 3300. The van der Waals surface area contributed by atoms with Gasteiger partial charge < -0.3 is 72.6 Å². The fourth-order valence-electron chi connectivity index (χ4n) is 9.53. The van der Waals surface area contributed by atoms with Gasteiger partial charge in [-0.05, 0) is 104 Å². The minimum Gasteiger partial charge on any atom is -0.491 e. The fourth-order valence-corrected chi connectivity index (χ4v) is 11.2. The first-order valence-corrected chi connectivity index (χ1v) is 29.9. The van der Waals surface area contributed by atoms with Crippen molar-refractivity contribution in [1.82, 2.24) is 30.6 Å². The number of carbonyl (C=O) groups is 1. The van der Waals surface area contributed by atoms with Gasteiger partial charge in [-0.15, -0.1) is 11.3 Å². The summed E-state index contributed by atoms with van der Waals surface area (Å²) in [5.74, 6) is 0.575. The predicted octanol–water partition coefficient (Wildman–Crippen LogP) is 9.41. The molecule has 10 rings (SSSR count). The molecule has 2 unspecified atom stereocenters. The Balaban J connectivity index is 0.843. The van der Waals surface area contributed by atoms with Crippen LogP contribution in [0.2, 0.25) is 10.0 Å². The van der Waals surface area contributed by atoms with Gasteiger partial charge in [0.2, 0.25) is 12.0 Å². The standard InChI is InChI=1S/C62H71Cl2FN6O14S/c1-39-51-40(2)55(64)56(54(39)63)85-62(37-67-18-17-66-3)35-50(62)83-47-13-14-48(43(33-47)34-49(61(72)73)84-59-53-52(51)57(86-60(53)70-38-69-59)41-5-9-44(65)10-6-41)82-36-45-15-16-68-58(71-45)42-7-11-46(12-8-42)81-32-31-80-30-29-79-28-27-78-26-25-77-24-23-76-22-21-75-20-19-74-4/h5-16,33,38,49-50,66-67H,17-32,34-37H2,1-4H3,(H,72,73)/t49-,50?,62?/m1/s1. The van der Waals surface area contributed by atoms with Crippen molar-refractivity contribution in [1.29, 1.82) is 0 Å². The third-order valence-corrected chi connectivity index (χ3v) is 16.1. The third kappa shape index (κ3) is 17.0. The summed E-state index contributed by atoms with van der Waals surface area (Å²) in [6.45, 7) is 12.1. The monoisotopic (exact) mass is 1240 g/mol. The van der Waals surface area contributed by atoms with Crippen LogP contribution >= 0.6 is 34.5 Å². The average Bonchev–Trinajstić information content (AvgIpc) is 1.60. The number of fused-ring (bicyclic) bond motifs is 4. The van der Waals surface area contributed by atoms with E-state index in [1.807, 2.05) is 45.2 Å². The highest BCUT2D eigenvalue weighted by Crippen LogP contribution is 2.55. The van der Waals surface area contributed by atoms with Crippen molar-refractivity contribution in [2.45, 2.75) is 51.1 Å². The van der Waals surface area contributed by atoms with Crippen molar-refractivity contribution in [2.75, 3.05) is 126 Å². The van der Waals surface area contributed by atoms with Crippen LogP contribution in [0.4, 0.5) is 4.39 Å². The number of ether oxygens (including phenoxy) is 12. The van der Waals surface area contributed by atoms with E-state index in [0.29, 0.717) is 202 Å². The van der Waals surface area contributed by atoms with Gasteiger partial charge in [0.25, 0.3) is 0 Å². The molecule has 0 radical (unpaired) electrons. The number of thiophene rings is 1. The topological polar surface area (TPSA) is 224 Å². The summed E-state index contributed by atoms with van der Waals surface area (Å²) in [4.78, 5) is 33.2. The van der Waals surface area contributed by atoms with E-state index in [0.717, 1.165) is 5.56 Å². The zero-order valence-electron chi connectivity index (χ0n) is 48.5. The molecule has 20 nitrogen and oxygen atoms in total. The highest BCUT2D eigenvalue weighted by molar-refractivity contribution is 7.22. The molecule has 1 saturated carbocycles.